The van der Waals surface area contributed by atoms with Crippen molar-refractivity contribution in [2.75, 3.05) is 18.4 Å². The summed E-state index contributed by atoms with van der Waals surface area (Å²) in [4.78, 5) is 27.3. The summed E-state index contributed by atoms with van der Waals surface area (Å²) in [5.41, 5.74) is 1.34. The number of aromatic nitrogens is 3. The van der Waals surface area contributed by atoms with Gasteiger partial charge in [0.25, 0.3) is 5.91 Å². The highest BCUT2D eigenvalue weighted by Crippen LogP contribution is 2.26. The van der Waals surface area contributed by atoms with E-state index in [9.17, 15) is 9.59 Å². The van der Waals surface area contributed by atoms with Crippen LogP contribution in [0.1, 0.15) is 75.3 Å². The molecule has 2 amide bonds. The topological polar surface area (TPSA) is 93.3 Å². The summed E-state index contributed by atoms with van der Waals surface area (Å²) in [6.07, 6.45) is 1.23. The maximum absolute atomic E-state index is 13.0. The number of nitrogens with one attached hydrogen (secondary N) is 1. The number of nitrogens with zero attached hydrogens (tertiary/aromatic N) is 4. The van der Waals surface area contributed by atoms with Gasteiger partial charge in [0.2, 0.25) is 5.91 Å². The van der Waals surface area contributed by atoms with Crippen molar-refractivity contribution in [3.8, 4) is 0 Å². The van der Waals surface area contributed by atoms with Crippen LogP contribution in [0, 0.1) is 12.8 Å². The third-order valence-corrected chi connectivity index (χ3v) is 5.22. The average Bonchev–Trinajstić information content (AvgIpc) is 3.27. The highest BCUT2D eigenvalue weighted by atomic mass is 16.5. The summed E-state index contributed by atoms with van der Waals surface area (Å²) in [5.74, 6) is 1.06. The lowest BCUT2D eigenvalue weighted by Gasteiger charge is -2.30. The molecule has 0 saturated carbocycles. The summed E-state index contributed by atoms with van der Waals surface area (Å²) in [7, 11) is 0. The van der Waals surface area contributed by atoms with Gasteiger partial charge in [-0.05, 0) is 52.5 Å². The Balaban J connectivity index is 1.63. The van der Waals surface area contributed by atoms with Gasteiger partial charge in [-0.15, -0.1) is 0 Å². The molecular weight excluding hydrogens is 370 g/mol. The first-order valence-electron chi connectivity index (χ1n) is 10.2. The second kappa shape index (κ2) is 8.00. The molecule has 1 fully saturated rings. The summed E-state index contributed by atoms with van der Waals surface area (Å²) in [5, 5.41) is 11.2. The molecule has 0 aliphatic carbocycles. The first-order valence-corrected chi connectivity index (χ1v) is 10.2. The molecule has 2 aromatic rings. The highest BCUT2D eigenvalue weighted by molar-refractivity contribution is 5.94. The SMILES string of the molecule is Cc1cc(NC(=O)C2CCN(C(=O)c3cc(C(C)C)n(C(C)(C)C)n3)CC2)no1. The zero-order valence-electron chi connectivity index (χ0n) is 18.2. The van der Waals surface area contributed by atoms with Crippen LogP contribution < -0.4 is 5.32 Å². The number of carbonyl (C=O) groups excluding carboxylic acids is 2. The normalized spacial score (nSPS) is 15.8. The van der Waals surface area contributed by atoms with E-state index in [0.29, 0.717) is 43.2 Å². The lowest BCUT2D eigenvalue weighted by Crippen LogP contribution is -2.41. The molecule has 0 radical (unpaired) electrons. The zero-order valence-corrected chi connectivity index (χ0v) is 18.2. The van der Waals surface area contributed by atoms with Gasteiger partial charge in [0.15, 0.2) is 11.5 Å². The molecule has 3 heterocycles. The van der Waals surface area contributed by atoms with E-state index in [1.165, 1.54) is 0 Å². The number of amides is 2. The van der Waals surface area contributed by atoms with Crippen molar-refractivity contribution >= 4 is 17.6 Å². The van der Waals surface area contributed by atoms with Crippen molar-refractivity contribution in [2.45, 2.75) is 65.8 Å². The van der Waals surface area contributed by atoms with E-state index in [2.05, 4.69) is 50.2 Å². The fourth-order valence-corrected chi connectivity index (χ4v) is 3.61. The number of hydrogen-bond acceptors (Lipinski definition) is 5. The van der Waals surface area contributed by atoms with E-state index >= 15 is 0 Å². The fraction of sp³-hybridized carbons (Fsp3) is 0.619. The molecule has 0 atom stereocenters. The number of likely N-dealkylation sites (tertiary alicyclic amines) is 1. The van der Waals surface area contributed by atoms with E-state index in [4.69, 9.17) is 4.52 Å². The molecule has 1 aliphatic heterocycles. The Bertz CT molecular complexity index is 883. The van der Waals surface area contributed by atoms with Crippen molar-refractivity contribution < 1.29 is 14.1 Å². The van der Waals surface area contributed by atoms with Crippen molar-refractivity contribution in [3.05, 3.63) is 29.3 Å². The van der Waals surface area contributed by atoms with Gasteiger partial charge in [0, 0.05) is 30.8 Å². The molecule has 3 rings (SSSR count). The van der Waals surface area contributed by atoms with E-state index in [-0.39, 0.29) is 29.2 Å². The number of rotatable bonds is 4. The van der Waals surface area contributed by atoms with Crippen LogP contribution in [0.2, 0.25) is 0 Å². The Hall–Kier alpha value is -2.64. The van der Waals surface area contributed by atoms with Gasteiger partial charge in [-0.3, -0.25) is 14.3 Å². The smallest absolute Gasteiger partial charge is 0.274 e. The maximum Gasteiger partial charge on any atom is 0.274 e. The largest absolute Gasteiger partial charge is 0.360 e. The lowest BCUT2D eigenvalue weighted by atomic mass is 9.95. The van der Waals surface area contributed by atoms with Crippen molar-refractivity contribution in [3.63, 3.8) is 0 Å². The predicted molar refractivity (Wildman–Crippen MR) is 110 cm³/mol. The second-order valence-electron chi connectivity index (χ2n) is 9.07. The standard InChI is InChI=1S/C21H31N5O3/c1-13(2)17-12-16(23-26(17)21(4,5)6)20(28)25-9-7-15(8-10-25)19(27)22-18-11-14(3)29-24-18/h11-13,15H,7-10H2,1-6H3,(H,22,24,27). The Morgan fingerprint density at radius 2 is 1.86 bits per heavy atom. The molecular formula is C21H31N5O3. The van der Waals surface area contributed by atoms with Gasteiger partial charge in [-0.1, -0.05) is 19.0 Å². The summed E-state index contributed by atoms with van der Waals surface area (Å²) in [6, 6.07) is 3.60. The fourth-order valence-electron chi connectivity index (χ4n) is 3.61. The summed E-state index contributed by atoms with van der Waals surface area (Å²) >= 11 is 0. The first-order chi connectivity index (χ1) is 13.6. The lowest BCUT2D eigenvalue weighted by molar-refractivity contribution is -0.121. The number of carbonyl (C=O) groups is 2. The van der Waals surface area contributed by atoms with Crippen LogP contribution in [0.3, 0.4) is 0 Å². The Morgan fingerprint density at radius 1 is 1.21 bits per heavy atom. The Kier molecular flexibility index (Phi) is 5.82. The van der Waals surface area contributed by atoms with Gasteiger partial charge >= 0.3 is 0 Å². The zero-order chi connectivity index (χ0) is 21.3. The van der Waals surface area contributed by atoms with Crippen LogP contribution in [0.15, 0.2) is 16.7 Å². The summed E-state index contributed by atoms with van der Waals surface area (Å²) in [6.45, 7) is 13.3. The minimum atomic E-state index is -0.192. The molecule has 2 aromatic heterocycles. The Labute approximate surface area is 171 Å². The highest BCUT2D eigenvalue weighted by Gasteiger charge is 2.31. The number of piperidine rings is 1. The van der Waals surface area contributed by atoms with Crippen LogP contribution in [0.5, 0.6) is 0 Å². The van der Waals surface area contributed by atoms with Gasteiger partial charge < -0.3 is 14.7 Å². The van der Waals surface area contributed by atoms with E-state index in [1.807, 2.05) is 10.7 Å². The number of anilines is 1. The molecule has 1 aliphatic rings. The Morgan fingerprint density at radius 3 is 2.34 bits per heavy atom. The maximum atomic E-state index is 13.0. The first kappa shape index (κ1) is 21.1. The predicted octanol–water partition coefficient (Wildman–Crippen LogP) is 3.55. The van der Waals surface area contributed by atoms with Gasteiger partial charge in [0.1, 0.15) is 5.76 Å². The van der Waals surface area contributed by atoms with Crippen molar-refractivity contribution in [1.82, 2.24) is 19.8 Å². The van der Waals surface area contributed by atoms with Crippen LogP contribution in [-0.4, -0.2) is 44.7 Å². The molecule has 0 unspecified atom stereocenters. The molecule has 29 heavy (non-hydrogen) atoms. The van der Waals surface area contributed by atoms with Crippen LogP contribution >= 0.6 is 0 Å². The molecule has 1 N–H and O–H groups in total. The van der Waals surface area contributed by atoms with Gasteiger partial charge in [-0.25, -0.2) is 0 Å². The van der Waals surface area contributed by atoms with Gasteiger partial charge in [0.05, 0.1) is 5.54 Å². The van der Waals surface area contributed by atoms with Crippen molar-refractivity contribution in [1.29, 1.82) is 0 Å². The van der Waals surface area contributed by atoms with E-state index in [1.54, 1.807) is 17.9 Å². The van der Waals surface area contributed by atoms with E-state index < -0.39 is 0 Å². The van der Waals surface area contributed by atoms with Gasteiger partial charge in [-0.2, -0.15) is 5.10 Å². The number of hydrogen-bond donors (Lipinski definition) is 1. The average molecular weight is 402 g/mol. The van der Waals surface area contributed by atoms with Crippen LogP contribution in [0.4, 0.5) is 5.82 Å². The molecule has 8 nitrogen and oxygen atoms in total. The quantitative estimate of drug-likeness (QED) is 0.846. The van der Waals surface area contributed by atoms with Crippen molar-refractivity contribution in [2.24, 2.45) is 5.92 Å². The number of aryl methyl sites for hydroxylation is 1. The third kappa shape index (κ3) is 4.68. The van der Waals surface area contributed by atoms with Crippen LogP contribution in [-0.2, 0) is 10.3 Å². The monoisotopic (exact) mass is 401 g/mol. The molecule has 0 spiro atoms. The van der Waals surface area contributed by atoms with E-state index in [0.717, 1.165) is 5.69 Å². The molecule has 0 aromatic carbocycles. The van der Waals surface area contributed by atoms with Crippen LogP contribution in [0.25, 0.3) is 0 Å². The second-order valence-corrected chi connectivity index (χ2v) is 9.07. The third-order valence-electron chi connectivity index (χ3n) is 5.22. The molecule has 0 bridgehead atoms. The summed E-state index contributed by atoms with van der Waals surface area (Å²) < 4.78 is 6.93. The molecule has 8 heteroatoms. The minimum Gasteiger partial charge on any atom is -0.360 e. The minimum absolute atomic E-state index is 0.0686. The molecule has 158 valence electrons. The molecule has 1 saturated heterocycles.